The van der Waals surface area contributed by atoms with E-state index in [2.05, 4.69) is 20.4 Å². The maximum atomic E-state index is 13.2. The number of benzene rings is 2. The predicted molar refractivity (Wildman–Crippen MR) is 118 cm³/mol. The van der Waals surface area contributed by atoms with Crippen molar-refractivity contribution in [2.24, 2.45) is 0 Å². The normalized spacial score (nSPS) is 18.0. The highest BCUT2D eigenvalue weighted by Gasteiger charge is 2.31. The number of rotatable bonds is 5. The Labute approximate surface area is 185 Å². The second-order valence-electron chi connectivity index (χ2n) is 7.87. The molecular weight excluding hydrogens is 419 g/mol. The van der Waals surface area contributed by atoms with Gasteiger partial charge < -0.3 is 9.84 Å². The number of nitrogens with one attached hydrogen (secondary N) is 1. The fraction of sp³-hybridized carbons (Fsp3) is 0.348. The van der Waals surface area contributed by atoms with Gasteiger partial charge in [0.05, 0.1) is 12.0 Å². The van der Waals surface area contributed by atoms with Crippen molar-refractivity contribution in [3.63, 3.8) is 0 Å². The molecule has 0 aliphatic carbocycles. The van der Waals surface area contributed by atoms with Gasteiger partial charge in [0.15, 0.2) is 0 Å². The van der Waals surface area contributed by atoms with Crippen LogP contribution in [0.1, 0.15) is 37.1 Å². The van der Waals surface area contributed by atoms with Crippen LogP contribution in [0, 0.1) is 12.7 Å². The number of likely N-dealkylation sites (tertiary alicyclic amines) is 1. The Balaban J connectivity index is 1.43. The van der Waals surface area contributed by atoms with Gasteiger partial charge in [0, 0.05) is 22.8 Å². The van der Waals surface area contributed by atoms with Gasteiger partial charge in [0.25, 0.3) is 0 Å². The van der Waals surface area contributed by atoms with Gasteiger partial charge in [-0.25, -0.2) is 4.39 Å². The maximum absolute atomic E-state index is 13.2. The average molecular weight is 443 g/mol. The molecule has 1 amide bonds. The van der Waals surface area contributed by atoms with Crippen LogP contribution >= 0.6 is 11.6 Å². The van der Waals surface area contributed by atoms with Crippen molar-refractivity contribution in [2.75, 3.05) is 18.4 Å². The molecule has 0 spiro atoms. The van der Waals surface area contributed by atoms with Crippen LogP contribution < -0.4 is 5.32 Å². The molecule has 1 fully saturated rings. The Kier molecular flexibility index (Phi) is 6.34. The largest absolute Gasteiger partial charge is 0.339 e. The lowest BCUT2D eigenvalue weighted by Gasteiger charge is -2.34. The molecule has 8 heteroatoms. The lowest BCUT2D eigenvalue weighted by molar-refractivity contribution is -0.121. The summed E-state index contributed by atoms with van der Waals surface area (Å²) in [6, 6.07) is 11.1. The molecule has 1 aliphatic heterocycles. The zero-order chi connectivity index (χ0) is 22.0. The minimum absolute atomic E-state index is 0.0404. The number of aromatic nitrogens is 2. The Morgan fingerprint density at radius 2 is 2.06 bits per heavy atom. The first kappa shape index (κ1) is 21.5. The van der Waals surface area contributed by atoms with E-state index in [1.54, 1.807) is 18.2 Å². The summed E-state index contributed by atoms with van der Waals surface area (Å²) in [5.74, 6) is 0.634. The molecule has 2 heterocycles. The van der Waals surface area contributed by atoms with Crippen LogP contribution in [0.15, 0.2) is 47.0 Å². The van der Waals surface area contributed by atoms with Crippen molar-refractivity contribution in [1.82, 2.24) is 15.0 Å². The number of carbonyl (C=O) groups is 1. The van der Waals surface area contributed by atoms with Crippen molar-refractivity contribution in [2.45, 2.75) is 38.6 Å². The summed E-state index contributed by atoms with van der Waals surface area (Å²) in [4.78, 5) is 19.5. The predicted octanol–water partition coefficient (Wildman–Crippen LogP) is 5.04. The van der Waals surface area contributed by atoms with Gasteiger partial charge in [-0.1, -0.05) is 22.8 Å². The van der Waals surface area contributed by atoms with E-state index in [0.29, 0.717) is 28.8 Å². The lowest BCUT2D eigenvalue weighted by atomic mass is 9.96. The number of nitrogens with zero attached hydrogens (tertiary/aromatic N) is 3. The van der Waals surface area contributed by atoms with E-state index < -0.39 is 0 Å². The molecule has 3 aromatic rings. The van der Waals surface area contributed by atoms with E-state index >= 15 is 0 Å². The highest BCUT2D eigenvalue weighted by atomic mass is 35.5. The van der Waals surface area contributed by atoms with Gasteiger partial charge in [-0.2, -0.15) is 4.98 Å². The van der Waals surface area contributed by atoms with Crippen LogP contribution in [0.5, 0.6) is 0 Å². The molecule has 6 nitrogen and oxygen atoms in total. The number of hydrogen-bond acceptors (Lipinski definition) is 5. The van der Waals surface area contributed by atoms with Crippen LogP contribution in [-0.2, 0) is 4.79 Å². The zero-order valence-electron chi connectivity index (χ0n) is 17.4. The molecule has 1 aromatic heterocycles. The first-order valence-corrected chi connectivity index (χ1v) is 10.7. The van der Waals surface area contributed by atoms with Crippen molar-refractivity contribution in [3.8, 4) is 11.4 Å². The fourth-order valence-corrected chi connectivity index (χ4v) is 4.00. The van der Waals surface area contributed by atoms with Gasteiger partial charge >= 0.3 is 0 Å². The molecule has 2 atom stereocenters. The summed E-state index contributed by atoms with van der Waals surface area (Å²) in [6.07, 6.45) is 1.83. The third kappa shape index (κ3) is 4.78. The molecule has 31 heavy (non-hydrogen) atoms. The van der Waals surface area contributed by atoms with Crippen molar-refractivity contribution in [1.29, 1.82) is 0 Å². The average Bonchev–Trinajstić information content (AvgIpc) is 3.27. The monoisotopic (exact) mass is 442 g/mol. The highest BCUT2D eigenvalue weighted by Crippen LogP contribution is 2.29. The topological polar surface area (TPSA) is 71.3 Å². The van der Waals surface area contributed by atoms with E-state index in [-0.39, 0.29) is 23.7 Å². The SMILES string of the molecule is Cc1c(Cl)cccc1NC(=O)C(C)N1CCCC(c2nc(-c3ccc(F)cc3)no2)C1. The number of amides is 1. The summed E-state index contributed by atoms with van der Waals surface area (Å²) in [6.45, 7) is 5.25. The van der Waals surface area contributed by atoms with E-state index in [4.69, 9.17) is 16.1 Å². The molecule has 0 radical (unpaired) electrons. The van der Waals surface area contributed by atoms with Crippen LogP contribution in [0.3, 0.4) is 0 Å². The summed E-state index contributed by atoms with van der Waals surface area (Å²) >= 11 is 6.16. The summed E-state index contributed by atoms with van der Waals surface area (Å²) < 4.78 is 18.7. The Morgan fingerprint density at radius 3 is 2.84 bits per heavy atom. The molecule has 1 aliphatic rings. The van der Waals surface area contributed by atoms with Gasteiger partial charge in [-0.05, 0) is 75.2 Å². The number of anilines is 1. The fourth-order valence-electron chi connectivity index (χ4n) is 3.82. The van der Waals surface area contributed by atoms with Crippen LogP contribution in [0.2, 0.25) is 5.02 Å². The zero-order valence-corrected chi connectivity index (χ0v) is 18.2. The van der Waals surface area contributed by atoms with Gasteiger partial charge in [0.2, 0.25) is 17.6 Å². The van der Waals surface area contributed by atoms with Crippen LogP contribution in [0.4, 0.5) is 10.1 Å². The smallest absolute Gasteiger partial charge is 0.241 e. The minimum atomic E-state index is -0.319. The van der Waals surface area contributed by atoms with Gasteiger partial charge in [-0.15, -0.1) is 0 Å². The maximum Gasteiger partial charge on any atom is 0.241 e. The number of carbonyl (C=O) groups excluding carboxylic acids is 1. The summed E-state index contributed by atoms with van der Waals surface area (Å²) in [5.41, 5.74) is 2.27. The highest BCUT2D eigenvalue weighted by molar-refractivity contribution is 6.31. The van der Waals surface area contributed by atoms with Crippen molar-refractivity contribution >= 4 is 23.2 Å². The van der Waals surface area contributed by atoms with E-state index in [0.717, 1.165) is 30.6 Å². The number of halogens is 2. The van der Waals surface area contributed by atoms with Crippen LogP contribution in [-0.4, -0.2) is 40.1 Å². The van der Waals surface area contributed by atoms with E-state index in [1.807, 2.05) is 26.0 Å². The molecule has 2 aromatic carbocycles. The van der Waals surface area contributed by atoms with Gasteiger partial charge in [0.1, 0.15) is 5.82 Å². The lowest BCUT2D eigenvalue weighted by Crippen LogP contribution is -2.46. The second kappa shape index (κ2) is 9.16. The third-order valence-electron chi connectivity index (χ3n) is 5.80. The van der Waals surface area contributed by atoms with Crippen molar-refractivity contribution < 1.29 is 13.7 Å². The minimum Gasteiger partial charge on any atom is -0.339 e. The Hall–Kier alpha value is -2.77. The van der Waals surface area contributed by atoms with Crippen LogP contribution in [0.25, 0.3) is 11.4 Å². The molecular formula is C23H24ClFN4O2. The van der Waals surface area contributed by atoms with E-state index in [9.17, 15) is 9.18 Å². The third-order valence-corrected chi connectivity index (χ3v) is 6.21. The first-order valence-electron chi connectivity index (χ1n) is 10.3. The molecule has 0 bridgehead atoms. The number of piperidine rings is 1. The molecule has 0 saturated carbocycles. The molecule has 162 valence electrons. The van der Waals surface area contributed by atoms with Crippen molar-refractivity contribution in [3.05, 3.63) is 64.8 Å². The Morgan fingerprint density at radius 1 is 1.29 bits per heavy atom. The molecule has 1 N–H and O–H groups in total. The second-order valence-corrected chi connectivity index (χ2v) is 8.28. The molecule has 2 unspecified atom stereocenters. The summed E-state index contributed by atoms with van der Waals surface area (Å²) in [7, 11) is 0. The first-order chi connectivity index (χ1) is 14.9. The summed E-state index contributed by atoms with van der Waals surface area (Å²) in [5, 5.41) is 7.66. The van der Waals surface area contributed by atoms with Gasteiger partial charge in [-0.3, -0.25) is 9.69 Å². The quantitative estimate of drug-likeness (QED) is 0.599. The molecule has 4 rings (SSSR count). The standard InChI is InChI=1S/C23H24ClFN4O2/c1-14-19(24)6-3-7-20(14)26-22(30)15(2)29-12-4-5-17(13-29)23-27-21(28-31-23)16-8-10-18(25)11-9-16/h3,6-11,15,17H,4-5,12-13H2,1-2H3,(H,26,30). The van der Waals surface area contributed by atoms with E-state index in [1.165, 1.54) is 12.1 Å². The number of hydrogen-bond donors (Lipinski definition) is 1. The Bertz CT molecular complexity index is 1070. The molecule has 1 saturated heterocycles.